The van der Waals surface area contributed by atoms with E-state index in [1.165, 1.54) is 7.05 Å². The normalized spacial score (nSPS) is 23.1. The molecule has 1 heterocycles. The van der Waals surface area contributed by atoms with Gasteiger partial charge < -0.3 is 15.2 Å². The molecule has 1 aromatic carbocycles. The fraction of sp³-hybridized carbons (Fsp3) is 0.250. The molecule has 1 aliphatic rings. The molecular formula is C12H14N2O3. The minimum Gasteiger partial charge on any atom is -0.620 e. The monoisotopic (exact) mass is 234 g/mol. The first kappa shape index (κ1) is 11.6. The zero-order chi connectivity index (χ0) is 12.8. The van der Waals surface area contributed by atoms with Crippen molar-refractivity contribution in [2.45, 2.75) is 0 Å². The third-order valence-corrected chi connectivity index (χ3v) is 2.91. The van der Waals surface area contributed by atoms with E-state index in [2.05, 4.69) is 0 Å². The van der Waals surface area contributed by atoms with Gasteiger partial charge >= 0.3 is 5.91 Å². The van der Waals surface area contributed by atoms with Crippen LogP contribution >= 0.6 is 0 Å². The summed E-state index contributed by atoms with van der Waals surface area (Å²) in [5.41, 5.74) is 1.49. The number of nitrogens with zero attached hydrogens (tertiary/aromatic N) is 2. The number of hydrogen-bond acceptors (Lipinski definition) is 4. The Labute approximate surface area is 99.4 Å². The van der Waals surface area contributed by atoms with Gasteiger partial charge in [0.15, 0.2) is 5.69 Å². The highest BCUT2D eigenvalue weighted by Gasteiger charge is 2.33. The summed E-state index contributed by atoms with van der Waals surface area (Å²) in [6.07, 6.45) is 0.977. The molecule has 1 atom stereocenters. The Balaban J connectivity index is 2.67. The summed E-state index contributed by atoms with van der Waals surface area (Å²) in [7, 11) is 4.96. The number of quaternary nitrogens is 1. The number of aliphatic hydroxyl groups excluding tert-OH is 1. The molecule has 0 fully saturated rings. The van der Waals surface area contributed by atoms with Crippen LogP contribution in [0.5, 0.6) is 0 Å². The van der Waals surface area contributed by atoms with Crippen LogP contribution in [-0.4, -0.2) is 32.2 Å². The molecule has 2 rings (SSSR count). The van der Waals surface area contributed by atoms with E-state index >= 15 is 0 Å². The molecule has 5 heteroatoms. The molecule has 0 saturated carbocycles. The number of amides is 1. The van der Waals surface area contributed by atoms with Gasteiger partial charge in [-0.15, -0.1) is 0 Å². The number of hydrogen-bond donors (Lipinski definition) is 1. The predicted molar refractivity (Wildman–Crippen MR) is 67.5 cm³/mol. The van der Waals surface area contributed by atoms with Crippen LogP contribution in [0.4, 0.5) is 11.4 Å². The molecule has 0 spiro atoms. The summed E-state index contributed by atoms with van der Waals surface area (Å²) in [5, 5.41) is 21.9. The van der Waals surface area contributed by atoms with E-state index < -0.39 is 10.6 Å². The van der Waals surface area contributed by atoms with Crippen LogP contribution in [0.15, 0.2) is 24.3 Å². The van der Waals surface area contributed by atoms with Crippen LogP contribution in [0.2, 0.25) is 0 Å². The van der Waals surface area contributed by atoms with E-state index in [-0.39, 0.29) is 11.4 Å². The molecule has 0 radical (unpaired) electrons. The first-order chi connectivity index (χ1) is 7.84. The van der Waals surface area contributed by atoms with Gasteiger partial charge in [-0.05, 0) is 12.1 Å². The Bertz CT molecular complexity index is 518. The fourth-order valence-electron chi connectivity index (χ4n) is 1.80. The number of aliphatic hydroxyl groups is 1. The van der Waals surface area contributed by atoms with Crippen molar-refractivity contribution < 1.29 is 9.90 Å². The Kier molecular flexibility index (Phi) is 2.45. The minimum atomic E-state index is -1.12. The number of carbonyl (C=O) groups is 1. The maximum absolute atomic E-state index is 12.2. The lowest BCUT2D eigenvalue weighted by Crippen LogP contribution is -2.46. The van der Waals surface area contributed by atoms with E-state index in [0.29, 0.717) is 5.56 Å². The highest BCUT2D eigenvalue weighted by molar-refractivity contribution is 6.07. The lowest BCUT2D eigenvalue weighted by molar-refractivity contribution is -0.122. The molecule has 1 aliphatic heterocycles. The number of anilines is 1. The second-order valence-corrected chi connectivity index (χ2v) is 4.39. The summed E-state index contributed by atoms with van der Waals surface area (Å²) >= 11 is 0. The van der Waals surface area contributed by atoms with Crippen molar-refractivity contribution in [1.29, 1.82) is 0 Å². The van der Waals surface area contributed by atoms with Crippen LogP contribution in [0.1, 0.15) is 5.56 Å². The summed E-state index contributed by atoms with van der Waals surface area (Å²) < 4.78 is -1.12. The van der Waals surface area contributed by atoms with Crippen LogP contribution in [-0.2, 0) is 4.79 Å². The Morgan fingerprint density at radius 2 is 2.00 bits per heavy atom. The van der Waals surface area contributed by atoms with Gasteiger partial charge in [-0.1, -0.05) is 0 Å². The third kappa shape index (κ3) is 1.69. The van der Waals surface area contributed by atoms with E-state index in [1.807, 2.05) is 19.0 Å². The second-order valence-electron chi connectivity index (χ2n) is 4.39. The first-order valence-electron chi connectivity index (χ1n) is 5.19. The van der Waals surface area contributed by atoms with E-state index in [9.17, 15) is 15.1 Å². The Morgan fingerprint density at radius 3 is 2.59 bits per heavy atom. The number of fused-ring (bicyclic) bond motifs is 1. The number of rotatable bonds is 1. The number of likely N-dealkylation sites (N-methyl/N-ethyl adjacent to an activating group) is 1. The van der Waals surface area contributed by atoms with Gasteiger partial charge in [-0.3, -0.25) is 4.65 Å². The Hall–Kier alpha value is -1.85. The van der Waals surface area contributed by atoms with Crippen molar-refractivity contribution in [3.8, 4) is 0 Å². The van der Waals surface area contributed by atoms with Crippen LogP contribution in [0.3, 0.4) is 0 Å². The minimum absolute atomic E-state index is 0.151. The van der Waals surface area contributed by atoms with E-state index in [1.54, 1.807) is 18.2 Å². The molecule has 1 amide bonds. The van der Waals surface area contributed by atoms with E-state index in [4.69, 9.17) is 0 Å². The average Bonchev–Trinajstić information content (AvgIpc) is 2.26. The van der Waals surface area contributed by atoms with Crippen molar-refractivity contribution in [3.63, 3.8) is 0 Å². The van der Waals surface area contributed by atoms with Crippen molar-refractivity contribution in [3.05, 3.63) is 35.0 Å². The molecular weight excluding hydrogens is 220 g/mol. The number of hydroxylamine groups is 2. The average molecular weight is 234 g/mol. The summed E-state index contributed by atoms with van der Waals surface area (Å²) in [5.74, 6) is -0.826. The standard InChI is InChI=1S/C12H14N2O3/c1-13(2)8-4-5-9-10(6-8)14(3,17)12(16)7-11(9)15/h4-7,15H,1-3H3. The summed E-state index contributed by atoms with van der Waals surface area (Å²) in [6.45, 7) is 0. The number of carbonyl (C=O) groups excluding carboxylic acids is 1. The highest BCUT2D eigenvalue weighted by atomic mass is 16.6. The van der Waals surface area contributed by atoms with Crippen LogP contribution in [0, 0.1) is 5.21 Å². The summed E-state index contributed by atoms with van der Waals surface area (Å²) in [6, 6.07) is 5.07. The van der Waals surface area contributed by atoms with E-state index in [0.717, 1.165) is 11.8 Å². The third-order valence-electron chi connectivity index (χ3n) is 2.91. The predicted octanol–water partition coefficient (Wildman–Crippen LogP) is 1.63. The summed E-state index contributed by atoms with van der Waals surface area (Å²) in [4.78, 5) is 13.4. The lowest BCUT2D eigenvalue weighted by atomic mass is 10.0. The molecule has 0 bridgehead atoms. The maximum atomic E-state index is 12.2. The van der Waals surface area contributed by atoms with Gasteiger partial charge in [-0.25, -0.2) is 4.79 Å². The maximum Gasteiger partial charge on any atom is 0.347 e. The second kappa shape index (κ2) is 3.58. The molecule has 1 aromatic rings. The molecule has 1 N–H and O–H groups in total. The van der Waals surface area contributed by atoms with Gasteiger partial charge in [0.05, 0.1) is 18.7 Å². The Morgan fingerprint density at radius 1 is 1.35 bits per heavy atom. The van der Waals surface area contributed by atoms with Gasteiger partial charge in [0.25, 0.3) is 0 Å². The van der Waals surface area contributed by atoms with Crippen LogP contribution < -0.4 is 9.55 Å². The van der Waals surface area contributed by atoms with Crippen molar-refractivity contribution in [1.82, 2.24) is 4.65 Å². The molecule has 0 aliphatic carbocycles. The van der Waals surface area contributed by atoms with Gasteiger partial charge in [0.2, 0.25) is 0 Å². The molecule has 0 aromatic heterocycles. The van der Waals surface area contributed by atoms with Crippen molar-refractivity contribution >= 4 is 23.0 Å². The fourth-order valence-corrected chi connectivity index (χ4v) is 1.80. The molecule has 17 heavy (non-hydrogen) atoms. The smallest absolute Gasteiger partial charge is 0.347 e. The lowest BCUT2D eigenvalue weighted by Gasteiger charge is -2.37. The van der Waals surface area contributed by atoms with Gasteiger partial charge in [0, 0.05) is 25.8 Å². The zero-order valence-corrected chi connectivity index (χ0v) is 9.97. The van der Waals surface area contributed by atoms with Gasteiger partial charge in [0.1, 0.15) is 5.76 Å². The molecule has 0 saturated heterocycles. The first-order valence-corrected chi connectivity index (χ1v) is 5.19. The van der Waals surface area contributed by atoms with Crippen molar-refractivity contribution in [2.24, 2.45) is 0 Å². The quantitative estimate of drug-likeness (QED) is 0.592. The van der Waals surface area contributed by atoms with Gasteiger partial charge in [-0.2, -0.15) is 0 Å². The molecule has 5 nitrogen and oxygen atoms in total. The van der Waals surface area contributed by atoms with Crippen LogP contribution in [0.25, 0.3) is 5.76 Å². The zero-order valence-electron chi connectivity index (χ0n) is 9.97. The van der Waals surface area contributed by atoms with Crippen molar-refractivity contribution in [2.75, 3.05) is 26.0 Å². The number of benzene rings is 1. The molecule has 1 unspecified atom stereocenters. The molecule has 90 valence electrons. The SMILES string of the molecule is CN(C)c1ccc2c(c1)[N+](C)([O-])C(=O)C=C2O. The largest absolute Gasteiger partial charge is 0.620 e. The highest BCUT2D eigenvalue weighted by Crippen LogP contribution is 2.36. The topological polar surface area (TPSA) is 63.6 Å².